The monoisotopic (exact) mass is 211 g/mol. The van der Waals surface area contributed by atoms with Crippen molar-refractivity contribution in [3.05, 3.63) is 29.1 Å². The number of hydrogen-bond acceptors (Lipinski definition) is 3. The summed E-state index contributed by atoms with van der Waals surface area (Å²) in [5, 5.41) is 2.75. The molecule has 0 aliphatic heterocycles. The van der Waals surface area contributed by atoms with Crippen molar-refractivity contribution in [3.8, 4) is 5.75 Å². The molecule has 0 heterocycles. The Morgan fingerprint density at radius 3 is 2.73 bits per heavy atom. The summed E-state index contributed by atoms with van der Waals surface area (Å²) in [6.07, 6.45) is 0. The lowest BCUT2D eigenvalue weighted by atomic mass is 10.1. The van der Waals surface area contributed by atoms with E-state index < -0.39 is 0 Å². The number of benzene rings is 1. The summed E-state index contributed by atoms with van der Waals surface area (Å²) in [5.74, 6) is -0.166. The molecule has 4 heteroatoms. The van der Waals surface area contributed by atoms with Gasteiger partial charge >= 0.3 is 0 Å². The summed E-state index contributed by atoms with van der Waals surface area (Å²) >= 11 is 0. The van der Waals surface area contributed by atoms with Crippen LogP contribution in [0.5, 0.6) is 5.75 Å². The minimum Gasteiger partial charge on any atom is -0.496 e. The van der Waals surface area contributed by atoms with E-state index in [4.69, 9.17) is 4.74 Å². The fourth-order valence-corrected chi connectivity index (χ4v) is 1.41. The highest BCUT2D eigenvalue weighted by Gasteiger charge is 2.15. The highest BCUT2D eigenvalue weighted by molar-refractivity contribution is 6.00. The summed E-state index contributed by atoms with van der Waals surface area (Å²) in [6.45, 7) is 1.80. The largest absolute Gasteiger partial charge is 0.496 e. The molecule has 0 atom stereocenters. The zero-order valence-electron chi connectivity index (χ0n) is 9.06. The maximum absolute atomic E-state index is 13.2. The molecule has 15 heavy (non-hydrogen) atoms. The summed E-state index contributed by atoms with van der Waals surface area (Å²) in [6, 6.07) is 2.72. The lowest BCUT2D eigenvalue weighted by molar-refractivity contribution is 0.0990. The van der Waals surface area contributed by atoms with Gasteiger partial charge in [-0.15, -0.1) is 0 Å². The van der Waals surface area contributed by atoms with E-state index in [1.54, 1.807) is 14.0 Å². The Morgan fingerprint density at radius 2 is 2.20 bits per heavy atom. The third-order valence-electron chi connectivity index (χ3n) is 2.18. The maximum Gasteiger partial charge on any atom is 0.180 e. The highest BCUT2D eigenvalue weighted by Crippen LogP contribution is 2.25. The van der Waals surface area contributed by atoms with Gasteiger partial charge in [0.1, 0.15) is 11.6 Å². The van der Waals surface area contributed by atoms with Gasteiger partial charge in [-0.1, -0.05) is 0 Å². The Morgan fingerprint density at radius 1 is 1.53 bits per heavy atom. The second-order valence-corrected chi connectivity index (χ2v) is 3.21. The first-order valence-corrected chi connectivity index (χ1v) is 4.62. The van der Waals surface area contributed by atoms with E-state index in [9.17, 15) is 9.18 Å². The summed E-state index contributed by atoms with van der Waals surface area (Å²) < 4.78 is 18.2. The van der Waals surface area contributed by atoms with Gasteiger partial charge in [0.2, 0.25) is 0 Å². The molecule has 0 aliphatic carbocycles. The lowest BCUT2D eigenvalue weighted by Crippen LogP contribution is -2.19. The summed E-state index contributed by atoms with van der Waals surface area (Å²) in [5.41, 5.74) is 0.769. The molecule has 1 aromatic carbocycles. The number of ketones is 1. The van der Waals surface area contributed by atoms with Gasteiger partial charge in [-0.25, -0.2) is 4.39 Å². The molecular weight excluding hydrogens is 197 g/mol. The molecule has 0 saturated heterocycles. The molecule has 0 saturated carbocycles. The SMILES string of the molecule is CNCC(=O)c1ccc(F)c(C)c1OC. The van der Waals surface area contributed by atoms with Crippen LogP contribution < -0.4 is 10.1 Å². The van der Waals surface area contributed by atoms with Gasteiger partial charge in [0.05, 0.1) is 19.2 Å². The molecule has 1 N–H and O–H groups in total. The Balaban J connectivity index is 3.18. The molecule has 0 spiro atoms. The number of Topliss-reactive ketones (excluding diaryl/α,β-unsaturated/α-hetero) is 1. The number of rotatable bonds is 4. The molecule has 0 aliphatic rings. The van der Waals surface area contributed by atoms with E-state index in [0.29, 0.717) is 16.9 Å². The van der Waals surface area contributed by atoms with E-state index >= 15 is 0 Å². The molecule has 82 valence electrons. The Kier molecular flexibility index (Phi) is 3.80. The highest BCUT2D eigenvalue weighted by atomic mass is 19.1. The van der Waals surface area contributed by atoms with Gasteiger partial charge < -0.3 is 10.1 Å². The predicted octanol–water partition coefficient (Wildman–Crippen LogP) is 1.54. The summed E-state index contributed by atoms with van der Waals surface area (Å²) in [4.78, 5) is 11.6. The van der Waals surface area contributed by atoms with Crippen molar-refractivity contribution in [2.24, 2.45) is 0 Å². The first kappa shape index (κ1) is 11.7. The molecule has 1 aromatic rings. The van der Waals surface area contributed by atoms with E-state index in [1.807, 2.05) is 0 Å². The Labute approximate surface area is 88.2 Å². The number of ether oxygens (including phenoxy) is 1. The average molecular weight is 211 g/mol. The van der Waals surface area contributed by atoms with Crippen LogP contribution in [0.2, 0.25) is 0 Å². The van der Waals surface area contributed by atoms with Crippen LogP contribution in [0.25, 0.3) is 0 Å². The van der Waals surface area contributed by atoms with Gasteiger partial charge in [0, 0.05) is 5.56 Å². The van der Waals surface area contributed by atoms with Crippen molar-refractivity contribution in [1.29, 1.82) is 0 Å². The van der Waals surface area contributed by atoms with Gasteiger partial charge in [-0.05, 0) is 26.1 Å². The first-order valence-electron chi connectivity index (χ1n) is 4.62. The molecule has 3 nitrogen and oxygen atoms in total. The maximum atomic E-state index is 13.2. The minimum absolute atomic E-state index is 0.113. The number of halogens is 1. The number of carbonyl (C=O) groups excluding carboxylic acids is 1. The normalized spacial score (nSPS) is 10.1. The second kappa shape index (κ2) is 4.89. The quantitative estimate of drug-likeness (QED) is 0.768. The number of likely N-dealkylation sites (N-methyl/N-ethyl adjacent to an activating group) is 1. The van der Waals surface area contributed by atoms with Crippen molar-refractivity contribution >= 4 is 5.78 Å². The molecule has 1 rings (SSSR count). The van der Waals surface area contributed by atoms with Crippen LogP contribution in [0.4, 0.5) is 4.39 Å². The van der Waals surface area contributed by atoms with Crippen LogP contribution in [0.1, 0.15) is 15.9 Å². The minimum atomic E-state index is -0.368. The molecule has 0 bridgehead atoms. The zero-order valence-corrected chi connectivity index (χ0v) is 9.06. The van der Waals surface area contributed by atoms with Crippen LogP contribution in [0.3, 0.4) is 0 Å². The molecule has 0 amide bonds. The fourth-order valence-electron chi connectivity index (χ4n) is 1.41. The van der Waals surface area contributed by atoms with E-state index in [2.05, 4.69) is 5.32 Å². The lowest BCUT2D eigenvalue weighted by Gasteiger charge is -2.10. The van der Waals surface area contributed by atoms with E-state index in [0.717, 1.165) is 0 Å². The van der Waals surface area contributed by atoms with Crippen LogP contribution in [-0.2, 0) is 0 Å². The number of methoxy groups -OCH3 is 1. The predicted molar refractivity (Wildman–Crippen MR) is 55.9 cm³/mol. The van der Waals surface area contributed by atoms with E-state index in [1.165, 1.54) is 19.2 Å². The smallest absolute Gasteiger partial charge is 0.180 e. The standard InChI is InChI=1S/C11H14FNO2/c1-7-9(12)5-4-8(11(7)15-3)10(14)6-13-2/h4-5,13H,6H2,1-3H3. The molecule has 0 fully saturated rings. The molecule has 0 radical (unpaired) electrons. The average Bonchev–Trinajstić information content (AvgIpc) is 2.22. The van der Waals surface area contributed by atoms with Crippen LogP contribution in [0.15, 0.2) is 12.1 Å². The Bertz CT molecular complexity index is 377. The van der Waals surface area contributed by atoms with Crippen molar-refractivity contribution in [2.45, 2.75) is 6.92 Å². The Hall–Kier alpha value is -1.42. The van der Waals surface area contributed by atoms with Crippen LogP contribution in [-0.4, -0.2) is 26.5 Å². The topological polar surface area (TPSA) is 38.3 Å². The first-order chi connectivity index (χ1) is 7.11. The molecule has 0 aromatic heterocycles. The zero-order chi connectivity index (χ0) is 11.4. The van der Waals surface area contributed by atoms with E-state index in [-0.39, 0.29) is 18.1 Å². The van der Waals surface area contributed by atoms with Crippen molar-refractivity contribution in [2.75, 3.05) is 20.7 Å². The third-order valence-corrected chi connectivity index (χ3v) is 2.18. The number of carbonyl (C=O) groups is 1. The second-order valence-electron chi connectivity index (χ2n) is 3.21. The fraction of sp³-hybridized carbons (Fsp3) is 0.364. The van der Waals surface area contributed by atoms with Crippen LogP contribution >= 0.6 is 0 Å². The van der Waals surface area contributed by atoms with Gasteiger partial charge in [-0.3, -0.25) is 4.79 Å². The number of hydrogen-bond donors (Lipinski definition) is 1. The molecule has 0 unspecified atom stereocenters. The molecular formula is C11H14FNO2. The number of nitrogens with one attached hydrogen (secondary N) is 1. The third kappa shape index (κ3) is 2.33. The summed E-state index contributed by atoms with van der Waals surface area (Å²) in [7, 11) is 3.11. The van der Waals surface area contributed by atoms with Gasteiger partial charge in [-0.2, -0.15) is 0 Å². The van der Waals surface area contributed by atoms with Crippen LogP contribution in [0, 0.1) is 12.7 Å². The van der Waals surface area contributed by atoms with Crippen molar-refractivity contribution in [1.82, 2.24) is 5.32 Å². The van der Waals surface area contributed by atoms with Gasteiger partial charge in [0.25, 0.3) is 0 Å². The van der Waals surface area contributed by atoms with Crippen molar-refractivity contribution < 1.29 is 13.9 Å². The van der Waals surface area contributed by atoms with Crippen molar-refractivity contribution in [3.63, 3.8) is 0 Å². The van der Waals surface area contributed by atoms with Gasteiger partial charge in [0.15, 0.2) is 5.78 Å².